The zero-order valence-electron chi connectivity index (χ0n) is 11.3. The number of benzene rings is 2. The van der Waals surface area contributed by atoms with Crippen LogP contribution in [0.5, 0.6) is 5.75 Å². The molecule has 0 atom stereocenters. The molecule has 1 aromatic heterocycles. The van der Waals surface area contributed by atoms with Crippen LogP contribution in [-0.4, -0.2) is 12.2 Å². The maximum Gasteiger partial charge on any atom is 0.174 e. The Balaban J connectivity index is 1.76. The summed E-state index contributed by atoms with van der Waals surface area (Å²) in [6.45, 7) is 1.07. The molecule has 0 bridgehead atoms. The van der Waals surface area contributed by atoms with Crippen LogP contribution in [0.3, 0.4) is 0 Å². The van der Waals surface area contributed by atoms with Gasteiger partial charge in [-0.2, -0.15) is 0 Å². The van der Waals surface area contributed by atoms with Gasteiger partial charge in [-0.1, -0.05) is 41.6 Å². The summed E-state index contributed by atoms with van der Waals surface area (Å²) in [7, 11) is 1.88. The normalized spacial score (nSPS) is 10.8. The molecule has 2 aromatic carbocycles. The molecule has 0 amide bonds. The Labute approximate surface area is 117 Å². The van der Waals surface area contributed by atoms with Crippen LogP contribution in [0.25, 0.3) is 10.8 Å². The first-order chi connectivity index (χ1) is 9.86. The second-order valence-electron chi connectivity index (χ2n) is 4.58. The van der Waals surface area contributed by atoms with Crippen LogP contribution in [0.2, 0.25) is 0 Å². The summed E-state index contributed by atoms with van der Waals surface area (Å²) in [5.41, 5.74) is 0.879. The van der Waals surface area contributed by atoms with Crippen molar-refractivity contribution in [3.63, 3.8) is 0 Å². The Morgan fingerprint density at radius 2 is 2.00 bits per heavy atom. The Kier molecular flexibility index (Phi) is 3.65. The summed E-state index contributed by atoms with van der Waals surface area (Å²) in [6.07, 6.45) is 0. The van der Waals surface area contributed by atoms with Crippen LogP contribution in [0, 0.1) is 0 Å². The van der Waals surface area contributed by atoms with Crippen LogP contribution >= 0.6 is 0 Å². The molecule has 3 aromatic rings. The van der Waals surface area contributed by atoms with Gasteiger partial charge in [0.05, 0.1) is 5.69 Å². The van der Waals surface area contributed by atoms with E-state index in [0.29, 0.717) is 13.2 Å². The number of aromatic nitrogens is 1. The van der Waals surface area contributed by atoms with Gasteiger partial charge in [-0.25, -0.2) is 0 Å². The molecule has 4 nitrogen and oxygen atoms in total. The van der Waals surface area contributed by atoms with E-state index < -0.39 is 0 Å². The summed E-state index contributed by atoms with van der Waals surface area (Å²) in [5.74, 6) is 1.58. The first kappa shape index (κ1) is 12.7. The van der Waals surface area contributed by atoms with Crippen molar-refractivity contribution < 1.29 is 9.26 Å². The number of fused-ring (bicyclic) bond motifs is 1. The molecule has 1 N–H and O–H groups in total. The van der Waals surface area contributed by atoms with E-state index in [-0.39, 0.29) is 0 Å². The molecule has 4 heteroatoms. The molecular weight excluding hydrogens is 252 g/mol. The highest BCUT2D eigenvalue weighted by atomic mass is 16.5. The number of nitrogens with one attached hydrogen (secondary N) is 1. The van der Waals surface area contributed by atoms with Gasteiger partial charge in [0.2, 0.25) is 0 Å². The van der Waals surface area contributed by atoms with Gasteiger partial charge < -0.3 is 14.6 Å². The molecule has 20 heavy (non-hydrogen) atoms. The zero-order valence-corrected chi connectivity index (χ0v) is 11.3. The SMILES string of the molecule is CNCc1cc(COc2cccc3ccccc23)on1. The molecule has 0 saturated heterocycles. The second-order valence-corrected chi connectivity index (χ2v) is 4.58. The lowest BCUT2D eigenvalue weighted by molar-refractivity contribution is 0.250. The quantitative estimate of drug-likeness (QED) is 0.772. The fourth-order valence-electron chi connectivity index (χ4n) is 2.16. The fourth-order valence-corrected chi connectivity index (χ4v) is 2.16. The number of hydrogen-bond acceptors (Lipinski definition) is 4. The minimum Gasteiger partial charge on any atom is -0.485 e. The van der Waals surface area contributed by atoms with Crippen LogP contribution in [0.1, 0.15) is 11.5 Å². The summed E-state index contributed by atoms with van der Waals surface area (Å²) in [4.78, 5) is 0. The van der Waals surface area contributed by atoms with Crippen LogP contribution < -0.4 is 10.1 Å². The molecule has 0 radical (unpaired) electrons. The molecule has 0 unspecified atom stereocenters. The van der Waals surface area contributed by atoms with Gasteiger partial charge in [0.15, 0.2) is 5.76 Å². The van der Waals surface area contributed by atoms with Crippen molar-refractivity contribution in [2.75, 3.05) is 7.05 Å². The predicted molar refractivity (Wildman–Crippen MR) is 77.5 cm³/mol. The van der Waals surface area contributed by atoms with E-state index in [1.165, 1.54) is 5.39 Å². The van der Waals surface area contributed by atoms with Gasteiger partial charge in [-0.05, 0) is 18.5 Å². The molecule has 0 fully saturated rings. The Hall–Kier alpha value is -2.33. The van der Waals surface area contributed by atoms with Gasteiger partial charge in [0.25, 0.3) is 0 Å². The monoisotopic (exact) mass is 268 g/mol. The first-order valence-corrected chi connectivity index (χ1v) is 6.56. The lowest BCUT2D eigenvalue weighted by Crippen LogP contribution is -2.04. The van der Waals surface area contributed by atoms with Gasteiger partial charge in [-0.3, -0.25) is 0 Å². The van der Waals surface area contributed by atoms with Gasteiger partial charge >= 0.3 is 0 Å². The molecule has 0 spiro atoms. The van der Waals surface area contributed by atoms with Crippen molar-refractivity contribution in [1.29, 1.82) is 0 Å². The van der Waals surface area contributed by atoms with Crippen LogP contribution in [0.15, 0.2) is 53.1 Å². The van der Waals surface area contributed by atoms with E-state index in [0.717, 1.165) is 22.6 Å². The highest BCUT2D eigenvalue weighted by Gasteiger charge is 2.06. The van der Waals surface area contributed by atoms with Crippen molar-refractivity contribution in [3.05, 3.63) is 60.0 Å². The number of rotatable bonds is 5. The fraction of sp³-hybridized carbons (Fsp3) is 0.188. The molecule has 3 rings (SSSR count). The van der Waals surface area contributed by atoms with Crippen molar-refractivity contribution in [3.8, 4) is 5.75 Å². The average molecular weight is 268 g/mol. The molecule has 0 aliphatic heterocycles. The minimum atomic E-state index is 0.380. The number of ether oxygens (including phenoxy) is 1. The van der Waals surface area contributed by atoms with Crippen molar-refractivity contribution >= 4 is 10.8 Å². The maximum atomic E-state index is 5.84. The summed E-state index contributed by atoms with van der Waals surface area (Å²) in [6, 6.07) is 16.1. The first-order valence-electron chi connectivity index (χ1n) is 6.56. The van der Waals surface area contributed by atoms with Crippen molar-refractivity contribution in [1.82, 2.24) is 10.5 Å². The molecule has 0 aliphatic carbocycles. The second kappa shape index (κ2) is 5.75. The lowest BCUT2D eigenvalue weighted by Gasteiger charge is -2.07. The Morgan fingerprint density at radius 3 is 2.90 bits per heavy atom. The number of nitrogens with zero attached hydrogens (tertiary/aromatic N) is 1. The lowest BCUT2D eigenvalue weighted by atomic mass is 10.1. The van der Waals surface area contributed by atoms with Gasteiger partial charge in [0.1, 0.15) is 12.4 Å². The third-order valence-electron chi connectivity index (χ3n) is 3.09. The van der Waals surface area contributed by atoms with Gasteiger partial charge in [-0.15, -0.1) is 0 Å². The summed E-state index contributed by atoms with van der Waals surface area (Å²) < 4.78 is 11.1. The highest BCUT2D eigenvalue weighted by Crippen LogP contribution is 2.25. The topological polar surface area (TPSA) is 47.3 Å². The number of hydrogen-bond donors (Lipinski definition) is 1. The maximum absolute atomic E-state index is 5.84. The standard InChI is InChI=1S/C16H16N2O2/c1-17-10-13-9-14(20-18-13)11-19-16-8-4-6-12-5-2-3-7-15(12)16/h2-9,17H,10-11H2,1H3. The van der Waals surface area contributed by atoms with E-state index in [1.807, 2.05) is 37.4 Å². The van der Waals surface area contributed by atoms with E-state index in [9.17, 15) is 0 Å². The van der Waals surface area contributed by atoms with E-state index in [1.54, 1.807) is 0 Å². The predicted octanol–water partition coefficient (Wildman–Crippen LogP) is 3.13. The smallest absolute Gasteiger partial charge is 0.174 e. The largest absolute Gasteiger partial charge is 0.485 e. The molecule has 102 valence electrons. The van der Waals surface area contributed by atoms with Crippen LogP contribution in [-0.2, 0) is 13.2 Å². The van der Waals surface area contributed by atoms with E-state index >= 15 is 0 Å². The molecule has 0 saturated carbocycles. The van der Waals surface area contributed by atoms with E-state index in [2.05, 4.69) is 28.7 Å². The Morgan fingerprint density at radius 1 is 1.15 bits per heavy atom. The van der Waals surface area contributed by atoms with Crippen LogP contribution in [0.4, 0.5) is 0 Å². The summed E-state index contributed by atoms with van der Waals surface area (Å²) in [5, 5.41) is 9.26. The molecule has 1 heterocycles. The third-order valence-corrected chi connectivity index (χ3v) is 3.09. The molecule has 0 aliphatic rings. The highest BCUT2D eigenvalue weighted by molar-refractivity contribution is 5.88. The Bertz CT molecular complexity index is 701. The van der Waals surface area contributed by atoms with Crippen molar-refractivity contribution in [2.45, 2.75) is 13.2 Å². The zero-order chi connectivity index (χ0) is 13.8. The third kappa shape index (κ3) is 2.65. The minimum absolute atomic E-state index is 0.380. The summed E-state index contributed by atoms with van der Waals surface area (Å²) >= 11 is 0. The average Bonchev–Trinajstić information content (AvgIpc) is 2.93. The van der Waals surface area contributed by atoms with Gasteiger partial charge in [0, 0.05) is 18.0 Å². The molecular formula is C16H16N2O2. The van der Waals surface area contributed by atoms with Crippen molar-refractivity contribution in [2.24, 2.45) is 0 Å². The van der Waals surface area contributed by atoms with E-state index in [4.69, 9.17) is 9.26 Å².